The number of hydrogen-bond acceptors (Lipinski definition) is 2. The van der Waals surface area contributed by atoms with Crippen molar-refractivity contribution in [1.29, 1.82) is 0 Å². The first kappa shape index (κ1) is 19.5. The molecule has 0 saturated heterocycles. The van der Waals surface area contributed by atoms with E-state index in [1.807, 2.05) is 47.6 Å². The van der Waals surface area contributed by atoms with Gasteiger partial charge >= 0.3 is 74.9 Å². The Morgan fingerprint density at radius 1 is 1.05 bits per heavy atom. The van der Waals surface area contributed by atoms with Crippen LogP contribution in [0.3, 0.4) is 0 Å². The molecule has 0 aliphatic heterocycles. The molecule has 0 aliphatic carbocycles. The molecule has 100 valence electrons. The van der Waals surface area contributed by atoms with Gasteiger partial charge in [0.15, 0.2) is 0 Å². The summed E-state index contributed by atoms with van der Waals surface area (Å²) in [6, 6.07) is 3.34. The quantitative estimate of drug-likeness (QED) is 0.747. The van der Waals surface area contributed by atoms with Crippen LogP contribution in [0.15, 0.2) is 12.1 Å². The molecule has 19 heavy (non-hydrogen) atoms. The monoisotopic (exact) mass is 382 g/mol. The summed E-state index contributed by atoms with van der Waals surface area (Å²) in [5.74, 6) is -1.53. The number of rotatable bonds is 1. The molecule has 0 unspecified atom stereocenters. The number of aromatic carboxylic acids is 1. The zero-order valence-electron chi connectivity index (χ0n) is 12.9. The topological polar surface area (TPSA) is 60.4 Å². The third kappa shape index (κ3) is 4.79. The fourth-order valence-corrected chi connectivity index (χ4v) is 1.78. The zero-order valence-corrected chi connectivity index (χ0v) is 19.2. The van der Waals surface area contributed by atoms with Crippen LogP contribution in [0.2, 0.25) is 0 Å². The van der Waals surface area contributed by atoms with E-state index in [0.29, 0.717) is 5.56 Å². The molecule has 1 aromatic carbocycles. The fourth-order valence-electron chi connectivity index (χ4n) is 1.78. The SMILES string of the molecule is CC(C)(C)c1cc(C(=O)O)c([O-])c(C(C)(C)C)c1.[Cs+]. The van der Waals surface area contributed by atoms with E-state index in [2.05, 4.69) is 0 Å². The predicted octanol–water partition coefficient (Wildman–Crippen LogP) is 0.0574. The largest absolute Gasteiger partial charge is 1.00 e. The summed E-state index contributed by atoms with van der Waals surface area (Å²) >= 11 is 0. The van der Waals surface area contributed by atoms with Crippen molar-refractivity contribution in [2.75, 3.05) is 0 Å². The van der Waals surface area contributed by atoms with E-state index in [-0.39, 0.29) is 91.0 Å². The van der Waals surface area contributed by atoms with Gasteiger partial charge in [0.2, 0.25) is 0 Å². The second kappa shape index (κ2) is 6.54. The normalized spacial score (nSPS) is 11.9. The summed E-state index contributed by atoms with van der Waals surface area (Å²) in [5.41, 5.74) is 0.768. The van der Waals surface area contributed by atoms with Gasteiger partial charge in [-0.15, -0.1) is 0 Å². The van der Waals surface area contributed by atoms with Gasteiger partial charge in [0.25, 0.3) is 0 Å². The average Bonchev–Trinajstić information content (AvgIpc) is 2.13. The minimum absolute atomic E-state index is 0. The van der Waals surface area contributed by atoms with Crippen LogP contribution in [-0.4, -0.2) is 11.1 Å². The summed E-state index contributed by atoms with van der Waals surface area (Å²) in [4.78, 5) is 11.2. The zero-order chi connectivity index (χ0) is 14.3. The third-order valence-corrected chi connectivity index (χ3v) is 2.99. The van der Waals surface area contributed by atoms with Crippen molar-refractivity contribution in [3.63, 3.8) is 0 Å². The summed E-state index contributed by atoms with van der Waals surface area (Å²) in [7, 11) is 0. The van der Waals surface area contributed by atoms with E-state index in [1.54, 1.807) is 0 Å². The molecule has 0 radical (unpaired) electrons. The minimum atomic E-state index is -1.16. The van der Waals surface area contributed by atoms with Crippen LogP contribution in [-0.2, 0) is 10.8 Å². The molecule has 0 aromatic heterocycles. The molecule has 0 amide bonds. The summed E-state index contributed by atoms with van der Waals surface area (Å²) in [6.45, 7) is 11.8. The molecular weight excluding hydrogens is 361 g/mol. The fraction of sp³-hybridized carbons (Fsp3) is 0.533. The van der Waals surface area contributed by atoms with Crippen molar-refractivity contribution < 1.29 is 83.9 Å². The van der Waals surface area contributed by atoms with Crippen molar-refractivity contribution in [3.05, 3.63) is 28.8 Å². The van der Waals surface area contributed by atoms with E-state index in [4.69, 9.17) is 5.11 Å². The van der Waals surface area contributed by atoms with Crippen LogP contribution in [0, 0.1) is 0 Å². The molecular formula is C15H21CsO3. The van der Waals surface area contributed by atoms with Crippen molar-refractivity contribution in [2.24, 2.45) is 0 Å². The molecule has 1 N–H and O–H groups in total. The van der Waals surface area contributed by atoms with Gasteiger partial charge in [0.05, 0.1) is 5.56 Å². The average molecular weight is 382 g/mol. The number of carboxylic acid groups (broad SMARTS) is 1. The maximum absolute atomic E-state index is 12.2. The van der Waals surface area contributed by atoms with Gasteiger partial charge < -0.3 is 10.2 Å². The molecule has 0 saturated carbocycles. The standard InChI is InChI=1S/C15H22O3.Cs/c1-14(2,3)9-7-10(13(17)18)12(16)11(8-9)15(4,5)6;/h7-8,16H,1-6H3,(H,17,18);/q;+1/p-1. The van der Waals surface area contributed by atoms with E-state index < -0.39 is 5.97 Å². The van der Waals surface area contributed by atoms with Gasteiger partial charge in [0, 0.05) is 0 Å². The Bertz CT molecular complexity index is 479. The van der Waals surface area contributed by atoms with E-state index in [1.165, 1.54) is 6.07 Å². The molecule has 0 fully saturated rings. The van der Waals surface area contributed by atoms with Gasteiger partial charge in [-0.1, -0.05) is 53.4 Å². The minimum Gasteiger partial charge on any atom is -0.872 e. The van der Waals surface area contributed by atoms with Crippen LogP contribution in [0.4, 0.5) is 0 Å². The molecule has 0 spiro atoms. The smallest absolute Gasteiger partial charge is 0.872 e. The van der Waals surface area contributed by atoms with Crippen LogP contribution >= 0.6 is 0 Å². The van der Waals surface area contributed by atoms with Gasteiger partial charge in [-0.25, -0.2) is 4.79 Å². The Balaban J connectivity index is 0.00000324. The predicted molar refractivity (Wildman–Crippen MR) is 70.2 cm³/mol. The summed E-state index contributed by atoms with van der Waals surface area (Å²) in [6.07, 6.45) is 0. The van der Waals surface area contributed by atoms with E-state index >= 15 is 0 Å². The van der Waals surface area contributed by atoms with Crippen LogP contribution < -0.4 is 74.0 Å². The molecule has 4 heteroatoms. The maximum atomic E-state index is 12.2. The second-order valence-corrected chi connectivity index (χ2v) is 6.71. The van der Waals surface area contributed by atoms with Gasteiger partial charge in [-0.2, -0.15) is 0 Å². The van der Waals surface area contributed by atoms with Gasteiger partial charge in [-0.3, -0.25) is 0 Å². The first-order valence-electron chi connectivity index (χ1n) is 6.04. The first-order chi connectivity index (χ1) is 7.94. The Morgan fingerprint density at radius 2 is 1.53 bits per heavy atom. The van der Waals surface area contributed by atoms with Crippen LogP contribution in [0.5, 0.6) is 5.75 Å². The van der Waals surface area contributed by atoms with Crippen LogP contribution in [0.1, 0.15) is 63.0 Å². The number of carbonyl (C=O) groups is 1. The molecule has 0 heterocycles. The van der Waals surface area contributed by atoms with Crippen LogP contribution in [0.25, 0.3) is 0 Å². The number of carboxylic acids is 1. The van der Waals surface area contributed by atoms with E-state index in [0.717, 1.165) is 5.56 Å². The second-order valence-electron chi connectivity index (χ2n) is 6.71. The van der Waals surface area contributed by atoms with Crippen molar-refractivity contribution in [1.82, 2.24) is 0 Å². The number of hydrogen-bond donors (Lipinski definition) is 1. The molecule has 1 rings (SSSR count). The van der Waals surface area contributed by atoms with Gasteiger partial charge in [-0.05, 0) is 28.0 Å². The van der Waals surface area contributed by atoms with Crippen molar-refractivity contribution in [2.45, 2.75) is 52.4 Å². The maximum Gasteiger partial charge on any atom is 1.00 e. The molecule has 0 atom stereocenters. The summed E-state index contributed by atoms with van der Waals surface area (Å²) < 4.78 is 0. The molecule has 3 nitrogen and oxygen atoms in total. The molecule has 1 aromatic rings. The van der Waals surface area contributed by atoms with Crippen molar-refractivity contribution >= 4 is 5.97 Å². The molecule has 0 aliphatic rings. The number of benzene rings is 1. The Labute approximate surface area is 174 Å². The first-order valence-corrected chi connectivity index (χ1v) is 6.04. The van der Waals surface area contributed by atoms with E-state index in [9.17, 15) is 9.90 Å². The Kier molecular flexibility index (Phi) is 6.72. The third-order valence-electron chi connectivity index (χ3n) is 2.99. The summed E-state index contributed by atoms with van der Waals surface area (Å²) in [5, 5.41) is 21.3. The van der Waals surface area contributed by atoms with Gasteiger partial charge in [0.1, 0.15) is 0 Å². The Hall–Kier alpha value is 0.542. The van der Waals surface area contributed by atoms with Crippen molar-refractivity contribution in [3.8, 4) is 5.75 Å². The molecule has 0 bridgehead atoms. The Morgan fingerprint density at radius 3 is 1.84 bits per heavy atom.